The highest BCUT2D eigenvalue weighted by atomic mass is 16.5. The van der Waals surface area contributed by atoms with Crippen LogP contribution in [-0.4, -0.2) is 31.7 Å². The number of rotatable bonds is 5. The van der Waals surface area contributed by atoms with E-state index in [1.54, 1.807) is 44.8 Å². The average molecular weight is 389 g/mol. The van der Waals surface area contributed by atoms with Crippen LogP contribution >= 0.6 is 0 Å². The lowest BCUT2D eigenvalue weighted by Crippen LogP contribution is -2.25. The highest BCUT2D eigenvalue weighted by Gasteiger charge is 2.19. The maximum Gasteiger partial charge on any atom is 0.257 e. The van der Waals surface area contributed by atoms with Gasteiger partial charge in [-0.25, -0.2) is 0 Å². The summed E-state index contributed by atoms with van der Waals surface area (Å²) < 4.78 is 10.6. The summed E-state index contributed by atoms with van der Waals surface area (Å²) in [6.07, 6.45) is 5.51. The fraction of sp³-hybridized carbons (Fsp3) is 0.217. The molecule has 1 aromatic heterocycles. The first-order valence-electron chi connectivity index (χ1n) is 9.53. The van der Waals surface area contributed by atoms with Gasteiger partial charge < -0.3 is 19.7 Å². The molecule has 0 aliphatic carbocycles. The zero-order chi connectivity index (χ0) is 20.2. The third kappa shape index (κ3) is 3.87. The number of aromatic nitrogens is 1. The molecule has 0 fully saturated rings. The molecular formula is C23H23N3O3. The van der Waals surface area contributed by atoms with Crippen molar-refractivity contribution in [1.29, 1.82) is 0 Å². The fourth-order valence-electron chi connectivity index (χ4n) is 3.60. The molecule has 1 N–H and O–H groups in total. The number of pyridine rings is 1. The number of carbonyl (C=O) groups excluding carboxylic acids is 1. The average Bonchev–Trinajstić information content (AvgIpc) is 2.79. The summed E-state index contributed by atoms with van der Waals surface area (Å²) in [6, 6.07) is 15.5. The van der Waals surface area contributed by atoms with Crippen LogP contribution in [0.25, 0.3) is 0 Å². The van der Waals surface area contributed by atoms with Crippen LogP contribution in [0.1, 0.15) is 22.3 Å². The van der Waals surface area contributed by atoms with Gasteiger partial charge in [0.05, 0.1) is 37.4 Å². The van der Waals surface area contributed by atoms with E-state index >= 15 is 0 Å². The zero-order valence-electron chi connectivity index (χ0n) is 16.5. The standard InChI is InChI=1S/C23H23N3O3/c1-28-19-9-10-20(22(13-19)29-2)25-23(27)17-12-18(15-24-14-17)26-11-5-7-16-6-3-4-8-21(16)26/h3-4,6,8-10,12-15H,5,7,11H2,1-2H3,(H,25,27). The molecule has 1 aliphatic rings. The maximum absolute atomic E-state index is 12.9. The van der Waals surface area contributed by atoms with Gasteiger partial charge in [-0.1, -0.05) is 18.2 Å². The van der Waals surface area contributed by atoms with Gasteiger partial charge in [0.15, 0.2) is 0 Å². The maximum atomic E-state index is 12.9. The van der Waals surface area contributed by atoms with Crippen molar-refractivity contribution in [2.45, 2.75) is 12.8 Å². The van der Waals surface area contributed by atoms with Gasteiger partial charge in [0.25, 0.3) is 5.91 Å². The number of amides is 1. The highest BCUT2D eigenvalue weighted by Crippen LogP contribution is 2.33. The van der Waals surface area contributed by atoms with Gasteiger partial charge in [0, 0.05) is 24.5 Å². The molecule has 4 rings (SSSR count). The Labute approximate surface area is 170 Å². The molecule has 6 nitrogen and oxygen atoms in total. The van der Waals surface area contributed by atoms with Gasteiger partial charge in [-0.15, -0.1) is 0 Å². The number of para-hydroxylation sites is 1. The highest BCUT2D eigenvalue weighted by molar-refractivity contribution is 6.05. The predicted octanol–water partition coefficient (Wildman–Crippen LogP) is 4.44. The SMILES string of the molecule is COc1ccc(NC(=O)c2cncc(N3CCCc4ccccc43)c2)c(OC)c1. The zero-order valence-corrected chi connectivity index (χ0v) is 16.5. The van der Waals surface area contributed by atoms with Crippen molar-refractivity contribution in [2.24, 2.45) is 0 Å². The first-order chi connectivity index (χ1) is 14.2. The molecule has 0 radical (unpaired) electrons. The van der Waals surface area contributed by atoms with E-state index in [9.17, 15) is 4.79 Å². The largest absolute Gasteiger partial charge is 0.497 e. The van der Waals surface area contributed by atoms with Crippen molar-refractivity contribution in [2.75, 3.05) is 31.0 Å². The number of aryl methyl sites for hydroxylation is 1. The molecule has 2 heterocycles. The Bertz CT molecular complexity index is 1040. The van der Waals surface area contributed by atoms with E-state index in [4.69, 9.17) is 9.47 Å². The van der Waals surface area contributed by atoms with E-state index in [0.29, 0.717) is 22.7 Å². The number of nitrogens with one attached hydrogen (secondary N) is 1. The Morgan fingerprint density at radius 2 is 1.93 bits per heavy atom. The lowest BCUT2D eigenvalue weighted by atomic mass is 10.0. The molecule has 1 amide bonds. The summed E-state index contributed by atoms with van der Waals surface area (Å²) >= 11 is 0. The first kappa shape index (κ1) is 18.8. The molecule has 1 aliphatic heterocycles. The van der Waals surface area contributed by atoms with E-state index in [2.05, 4.69) is 33.4 Å². The Kier molecular flexibility index (Phi) is 5.33. The third-order valence-electron chi connectivity index (χ3n) is 5.06. The predicted molar refractivity (Wildman–Crippen MR) is 114 cm³/mol. The van der Waals surface area contributed by atoms with Gasteiger partial charge in [-0.3, -0.25) is 9.78 Å². The van der Waals surface area contributed by atoms with E-state index in [1.165, 1.54) is 11.3 Å². The van der Waals surface area contributed by atoms with Crippen molar-refractivity contribution in [3.05, 3.63) is 72.1 Å². The van der Waals surface area contributed by atoms with Gasteiger partial charge in [-0.05, 0) is 42.7 Å². The van der Waals surface area contributed by atoms with Crippen LogP contribution in [0.2, 0.25) is 0 Å². The van der Waals surface area contributed by atoms with Crippen LogP contribution in [0.5, 0.6) is 11.5 Å². The molecule has 3 aromatic rings. The summed E-state index contributed by atoms with van der Waals surface area (Å²) in [6.45, 7) is 0.899. The molecule has 6 heteroatoms. The van der Waals surface area contributed by atoms with E-state index in [-0.39, 0.29) is 5.91 Å². The fourth-order valence-corrected chi connectivity index (χ4v) is 3.60. The van der Waals surface area contributed by atoms with Gasteiger partial charge in [0.2, 0.25) is 0 Å². The Balaban J connectivity index is 1.59. The molecule has 148 valence electrons. The molecule has 0 spiro atoms. The second-order valence-electron chi connectivity index (χ2n) is 6.84. The second kappa shape index (κ2) is 8.22. The quantitative estimate of drug-likeness (QED) is 0.699. The summed E-state index contributed by atoms with van der Waals surface area (Å²) in [5.41, 5.74) is 4.47. The molecular weight excluding hydrogens is 366 g/mol. The molecule has 0 saturated carbocycles. The monoisotopic (exact) mass is 389 g/mol. The molecule has 2 aromatic carbocycles. The van der Waals surface area contributed by atoms with E-state index in [1.807, 2.05) is 12.1 Å². The minimum absolute atomic E-state index is 0.242. The van der Waals surface area contributed by atoms with Crippen molar-refractivity contribution >= 4 is 23.0 Å². The van der Waals surface area contributed by atoms with E-state index < -0.39 is 0 Å². The van der Waals surface area contributed by atoms with E-state index in [0.717, 1.165) is 25.1 Å². The van der Waals surface area contributed by atoms with Crippen LogP contribution in [0.15, 0.2) is 60.9 Å². The van der Waals surface area contributed by atoms with Crippen LogP contribution in [0, 0.1) is 0 Å². The number of anilines is 3. The second-order valence-corrected chi connectivity index (χ2v) is 6.84. The molecule has 0 bridgehead atoms. The Hall–Kier alpha value is -3.54. The summed E-state index contributed by atoms with van der Waals surface area (Å²) in [7, 11) is 3.14. The minimum atomic E-state index is -0.242. The van der Waals surface area contributed by atoms with Crippen LogP contribution < -0.4 is 19.7 Å². The number of fused-ring (bicyclic) bond motifs is 1. The van der Waals surface area contributed by atoms with Crippen molar-refractivity contribution < 1.29 is 14.3 Å². The van der Waals surface area contributed by atoms with Gasteiger partial charge in [0.1, 0.15) is 11.5 Å². The van der Waals surface area contributed by atoms with Crippen LogP contribution in [0.4, 0.5) is 17.1 Å². The molecule has 0 atom stereocenters. The minimum Gasteiger partial charge on any atom is -0.497 e. The number of methoxy groups -OCH3 is 2. The topological polar surface area (TPSA) is 63.7 Å². The molecule has 0 unspecified atom stereocenters. The summed E-state index contributed by atoms with van der Waals surface area (Å²) in [5, 5.41) is 2.90. The molecule has 29 heavy (non-hydrogen) atoms. The Morgan fingerprint density at radius 3 is 2.76 bits per heavy atom. The number of hydrogen-bond acceptors (Lipinski definition) is 5. The van der Waals surface area contributed by atoms with Crippen molar-refractivity contribution in [3.63, 3.8) is 0 Å². The third-order valence-corrected chi connectivity index (χ3v) is 5.06. The number of nitrogens with zero attached hydrogens (tertiary/aromatic N) is 2. The summed E-state index contributed by atoms with van der Waals surface area (Å²) in [5.74, 6) is 0.951. The van der Waals surface area contributed by atoms with Crippen molar-refractivity contribution in [3.8, 4) is 11.5 Å². The number of ether oxygens (including phenoxy) is 2. The number of hydrogen-bond donors (Lipinski definition) is 1. The normalized spacial score (nSPS) is 12.8. The summed E-state index contributed by atoms with van der Waals surface area (Å²) in [4.78, 5) is 19.4. The lowest BCUT2D eigenvalue weighted by molar-refractivity contribution is 0.102. The van der Waals surface area contributed by atoms with Crippen molar-refractivity contribution in [1.82, 2.24) is 4.98 Å². The van der Waals surface area contributed by atoms with Crippen LogP contribution in [-0.2, 0) is 6.42 Å². The molecule has 0 saturated heterocycles. The number of benzene rings is 2. The van der Waals surface area contributed by atoms with Crippen LogP contribution in [0.3, 0.4) is 0 Å². The lowest BCUT2D eigenvalue weighted by Gasteiger charge is -2.31. The Morgan fingerprint density at radius 1 is 1.07 bits per heavy atom. The van der Waals surface area contributed by atoms with Gasteiger partial charge in [-0.2, -0.15) is 0 Å². The first-order valence-corrected chi connectivity index (χ1v) is 9.53. The smallest absolute Gasteiger partial charge is 0.257 e. The number of carbonyl (C=O) groups is 1. The van der Waals surface area contributed by atoms with Gasteiger partial charge >= 0.3 is 0 Å².